The van der Waals surface area contributed by atoms with Gasteiger partial charge in [0.15, 0.2) is 0 Å². The largest absolute Gasteiger partial charge is 0.377 e. The minimum absolute atomic E-state index is 0.177. The average Bonchev–Trinajstić information content (AvgIpc) is 2.93. The van der Waals surface area contributed by atoms with Crippen molar-refractivity contribution >= 4 is 27.4 Å². The molecule has 3 rings (SSSR count). The first-order valence-corrected chi connectivity index (χ1v) is 8.47. The number of nitrogens with zero attached hydrogens (tertiary/aromatic N) is 2. The molecule has 0 radical (unpaired) electrons. The molecule has 114 valence electrons. The molecule has 2 unspecified atom stereocenters. The highest BCUT2D eigenvalue weighted by atomic mass is 32.1. The fourth-order valence-corrected chi connectivity index (χ4v) is 3.90. The maximum absolute atomic E-state index is 6.05. The Kier molecular flexibility index (Phi) is 4.13. The number of fused-ring (bicyclic) bond motifs is 1. The second-order valence-corrected chi connectivity index (χ2v) is 7.70. The topological polar surface area (TPSA) is 47.0 Å². The standard InChI is InChI=1S/C16H23N3OS/c1-16(2,3)13-11(5-4-7-20-13)9-17-14-12-6-8-21-15(12)19-10-18-14/h6,8,10-11,13H,4-5,7,9H2,1-3H3,(H,17,18,19). The molecule has 1 aliphatic heterocycles. The van der Waals surface area contributed by atoms with Crippen LogP contribution in [0.25, 0.3) is 10.2 Å². The second-order valence-electron chi connectivity index (χ2n) is 6.80. The summed E-state index contributed by atoms with van der Waals surface area (Å²) in [7, 11) is 0. The molecule has 1 saturated heterocycles. The molecule has 1 N–H and O–H groups in total. The predicted octanol–water partition coefficient (Wildman–Crippen LogP) is 3.94. The summed E-state index contributed by atoms with van der Waals surface area (Å²) in [6.45, 7) is 8.58. The van der Waals surface area contributed by atoms with E-state index in [2.05, 4.69) is 47.5 Å². The van der Waals surface area contributed by atoms with Crippen LogP contribution in [0.3, 0.4) is 0 Å². The molecule has 0 aliphatic carbocycles. The lowest BCUT2D eigenvalue weighted by Crippen LogP contribution is -2.42. The van der Waals surface area contributed by atoms with Gasteiger partial charge in [0.25, 0.3) is 0 Å². The van der Waals surface area contributed by atoms with Crippen LogP contribution in [0, 0.1) is 11.3 Å². The molecule has 5 heteroatoms. The summed E-state index contributed by atoms with van der Waals surface area (Å²) in [6.07, 6.45) is 4.31. The Labute approximate surface area is 129 Å². The van der Waals surface area contributed by atoms with Crippen LogP contribution in [0.2, 0.25) is 0 Å². The summed E-state index contributed by atoms with van der Waals surface area (Å²) < 4.78 is 6.05. The number of rotatable bonds is 3. The number of ether oxygens (including phenoxy) is 1. The summed E-state index contributed by atoms with van der Waals surface area (Å²) in [4.78, 5) is 9.73. The lowest BCUT2D eigenvalue weighted by atomic mass is 9.78. The van der Waals surface area contributed by atoms with Crippen LogP contribution in [0.15, 0.2) is 17.8 Å². The van der Waals surface area contributed by atoms with Crippen LogP contribution in [0.5, 0.6) is 0 Å². The zero-order valence-corrected chi connectivity index (χ0v) is 13.7. The van der Waals surface area contributed by atoms with Crippen LogP contribution < -0.4 is 5.32 Å². The minimum Gasteiger partial charge on any atom is -0.377 e. The van der Waals surface area contributed by atoms with Gasteiger partial charge in [-0.3, -0.25) is 0 Å². The monoisotopic (exact) mass is 305 g/mol. The average molecular weight is 305 g/mol. The normalized spacial score (nSPS) is 23.4. The maximum atomic E-state index is 6.05. The summed E-state index contributed by atoms with van der Waals surface area (Å²) in [5.74, 6) is 1.47. The van der Waals surface area contributed by atoms with Crippen molar-refractivity contribution in [1.29, 1.82) is 0 Å². The Morgan fingerprint density at radius 2 is 2.24 bits per heavy atom. The molecule has 0 saturated carbocycles. The van der Waals surface area contributed by atoms with Crippen molar-refractivity contribution in [1.82, 2.24) is 9.97 Å². The molecule has 4 nitrogen and oxygen atoms in total. The van der Waals surface area contributed by atoms with Gasteiger partial charge in [-0.1, -0.05) is 20.8 Å². The molecular formula is C16H23N3OS. The third-order valence-electron chi connectivity index (χ3n) is 4.09. The number of nitrogens with one attached hydrogen (secondary N) is 1. The first kappa shape index (κ1) is 14.7. The summed E-state index contributed by atoms with van der Waals surface area (Å²) >= 11 is 1.65. The molecule has 2 atom stereocenters. The van der Waals surface area contributed by atoms with Gasteiger partial charge in [-0.2, -0.15) is 0 Å². The highest BCUT2D eigenvalue weighted by molar-refractivity contribution is 7.16. The summed E-state index contributed by atoms with van der Waals surface area (Å²) in [5.41, 5.74) is 0.177. The van der Waals surface area contributed by atoms with Crippen molar-refractivity contribution in [3.8, 4) is 0 Å². The van der Waals surface area contributed by atoms with E-state index in [0.717, 1.165) is 35.6 Å². The highest BCUT2D eigenvalue weighted by Crippen LogP contribution is 2.34. The van der Waals surface area contributed by atoms with Crippen LogP contribution in [0.4, 0.5) is 5.82 Å². The minimum atomic E-state index is 0.177. The van der Waals surface area contributed by atoms with E-state index in [1.165, 1.54) is 6.42 Å². The van der Waals surface area contributed by atoms with Gasteiger partial charge in [0.05, 0.1) is 11.5 Å². The van der Waals surface area contributed by atoms with Gasteiger partial charge in [0.1, 0.15) is 17.0 Å². The van der Waals surface area contributed by atoms with Crippen LogP contribution in [-0.2, 0) is 4.74 Å². The SMILES string of the molecule is CC(C)(C)C1OCCCC1CNc1ncnc2sccc12. The van der Waals surface area contributed by atoms with E-state index >= 15 is 0 Å². The van der Waals surface area contributed by atoms with Gasteiger partial charge in [-0.05, 0) is 29.7 Å². The molecule has 21 heavy (non-hydrogen) atoms. The molecule has 0 bridgehead atoms. The van der Waals surface area contributed by atoms with E-state index in [4.69, 9.17) is 4.74 Å². The smallest absolute Gasteiger partial charge is 0.138 e. The molecule has 3 heterocycles. The Morgan fingerprint density at radius 3 is 3.05 bits per heavy atom. The van der Waals surface area contributed by atoms with Crippen LogP contribution in [-0.4, -0.2) is 29.2 Å². The van der Waals surface area contributed by atoms with Crippen LogP contribution in [0.1, 0.15) is 33.6 Å². The van der Waals surface area contributed by atoms with Gasteiger partial charge in [-0.15, -0.1) is 11.3 Å². The molecule has 0 spiro atoms. The molecule has 0 aromatic carbocycles. The van der Waals surface area contributed by atoms with Crippen molar-refractivity contribution in [2.45, 2.75) is 39.7 Å². The molecule has 1 aliphatic rings. The lowest BCUT2D eigenvalue weighted by molar-refractivity contribution is -0.0814. The third-order valence-corrected chi connectivity index (χ3v) is 4.91. The fourth-order valence-electron chi connectivity index (χ4n) is 3.17. The Bertz CT molecular complexity index is 605. The summed E-state index contributed by atoms with van der Waals surface area (Å²) in [5, 5.41) is 6.70. The van der Waals surface area contributed by atoms with Gasteiger partial charge in [0, 0.05) is 19.1 Å². The predicted molar refractivity (Wildman–Crippen MR) is 87.8 cm³/mol. The van der Waals surface area contributed by atoms with E-state index in [1.54, 1.807) is 17.7 Å². The third kappa shape index (κ3) is 3.19. The van der Waals surface area contributed by atoms with E-state index in [0.29, 0.717) is 12.0 Å². The molecule has 1 fully saturated rings. The first-order chi connectivity index (χ1) is 10.1. The number of anilines is 1. The zero-order chi connectivity index (χ0) is 14.9. The molecular weight excluding hydrogens is 282 g/mol. The van der Waals surface area contributed by atoms with Crippen molar-refractivity contribution in [2.75, 3.05) is 18.5 Å². The van der Waals surface area contributed by atoms with E-state index in [1.807, 2.05) is 0 Å². The molecule has 2 aromatic rings. The quantitative estimate of drug-likeness (QED) is 0.933. The number of hydrogen-bond acceptors (Lipinski definition) is 5. The van der Waals surface area contributed by atoms with Crippen molar-refractivity contribution in [2.24, 2.45) is 11.3 Å². The maximum Gasteiger partial charge on any atom is 0.138 e. The van der Waals surface area contributed by atoms with Gasteiger partial charge in [-0.25, -0.2) is 9.97 Å². The number of aromatic nitrogens is 2. The Morgan fingerprint density at radius 1 is 1.38 bits per heavy atom. The summed E-state index contributed by atoms with van der Waals surface area (Å²) in [6, 6.07) is 2.08. The molecule has 0 amide bonds. The van der Waals surface area contributed by atoms with E-state index in [-0.39, 0.29) is 5.41 Å². The van der Waals surface area contributed by atoms with Crippen molar-refractivity contribution in [3.05, 3.63) is 17.8 Å². The fraction of sp³-hybridized carbons (Fsp3) is 0.625. The van der Waals surface area contributed by atoms with E-state index in [9.17, 15) is 0 Å². The molecule has 2 aromatic heterocycles. The second kappa shape index (κ2) is 5.89. The highest BCUT2D eigenvalue weighted by Gasteiger charge is 2.35. The van der Waals surface area contributed by atoms with Crippen LogP contribution >= 0.6 is 11.3 Å². The van der Waals surface area contributed by atoms with E-state index < -0.39 is 0 Å². The number of hydrogen-bond donors (Lipinski definition) is 1. The van der Waals surface area contributed by atoms with Crippen molar-refractivity contribution in [3.63, 3.8) is 0 Å². The van der Waals surface area contributed by atoms with Gasteiger partial charge >= 0.3 is 0 Å². The first-order valence-electron chi connectivity index (χ1n) is 7.59. The zero-order valence-electron chi connectivity index (χ0n) is 12.9. The Hall–Kier alpha value is -1.20. The Balaban J connectivity index is 1.72. The van der Waals surface area contributed by atoms with Crippen molar-refractivity contribution < 1.29 is 4.74 Å². The van der Waals surface area contributed by atoms with Gasteiger partial charge < -0.3 is 10.1 Å². The number of thiophene rings is 1. The lowest BCUT2D eigenvalue weighted by Gasteiger charge is -2.40. The van der Waals surface area contributed by atoms with Gasteiger partial charge in [0.2, 0.25) is 0 Å².